The van der Waals surface area contributed by atoms with E-state index in [2.05, 4.69) is 40.9 Å². The number of carbonyl (C=O) groups excluding carboxylic acids is 2. The van der Waals surface area contributed by atoms with Crippen molar-refractivity contribution in [3.63, 3.8) is 0 Å². The van der Waals surface area contributed by atoms with E-state index in [1.54, 1.807) is 0 Å². The summed E-state index contributed by atoms with van der Waals surface area (Å²) >= 11 is 0. The SMILES string of the molecule is C=C1CC2CCC34CC5OC6C(OC7CCC(CC(=O)OC8C(CC9OC(CCC1O2)CC(C)C9=C)OC1CC2OC9(CC2OC1C8C)CC1OC2(CC(C)C8OC(CC(C)=O)C(O)CC8O2)CC(C)C1O9)OC7C6O3)C5O4. The van der Waals surface area contributed by atoms with Crippen LogP contribution in [0, 0.1) is 23.7 Å². The lowest BCUT2D eigenvalue weighted by atomic mass is 9.78. The van der Waals surface area contributed by atoms with Gasteiger partial charge < -0.3 is 76.2 Å². The van der Waals surface area contributed by atoms with Crippen molar-refractivity contribution in [3.05, 3.63) is 24.3 Å². The number of esters is 1. The van der Waals surface area contributed by atoms with Crippen molar-refractivity contribution in [2.75, 3.05) is 0 Å². The molecule has 3 spiro atoms. The fourth-order valence-corrected chi connectivity index (χ4v) is 18.1. The van der Waals surface area contributed by atoms with Crippen LogP contribution in [0.25, 0.3) is 0 Å². The van der Waals surface area contributed by atoms with Crippen molar-refractivity contribution in [2.24, 2.45) is 23.7 Å². The van der Waals surface area contributed by atoms with Crippen molar-refractivity contribution in [1.82, 2.24) is 0 Å². The van der Waals surface area contributed by atoms with Crippen molar-refractivity contribution >= 4 is 11.8 Å². The molecular weight excluding hydrogens is 1010 g/mol. The Bertz CT molecular complexity index is 2370. The number of hydrogen-bond donors (Lipinski definition) is 1. The molecular formula is C60H84O18. The zero-order valence-electron chi connectivity index (χ0n) is 46.2. The van der Waals surface area contributed by atoms with Crippen LogP contribution in [-0.4, -0.2) is 181 Å². The Morgan fingerprint density at radius 1 is 0.513 bits per heavy atom. The third kappa shape index (κ3) is 9.03. The predicted octanol–water partition coefficient (Wildman–Crippen LogP) is 6.16. The van der Waals surface area contributed by atoms with Crippen molar-refractivity contribution in [2.45, 2.75) is 314 Å². The van der Waals surface area contributed by atoms with Gasteiger partial charge in [0.05, 0.1) is 116 Å². The van der Waals surface area contributed by atoms with Gasteiger partial charge in [-0.2, -0.15) is 0 Å². The van der Waals surface area contributed by atoms with Gasteiger partial charge >= 0.3 is 5.97 Å². The molecule has 18 heteroatoms. The van der Waals surface area contributed by atoms with Crippen molar-refractivity contribution in [1.29, 1.82) is 0 Å². The summed E-state index contributed by atoms with van der Waals surface area (Å²) in [7, 11) is 0. The topological polar surface area (TPSA) is 193 Å². The molecule has 16 rings (SSSR count). The van der Waals surface area contributed by atoms with Crippen LogP contribution in [0.15, 0.2) is 24.3 Å². The highest BCUT2D eigenvalue weighted by atomic mass is 16.8. The zero-order chi connectivity index (χ0) is 53.3. The van der Waals surface area contributed by atoms with Gasteiger partial charge in [0.25, 0.3) is 0 Å². The molecule has 31 atom stereocenters. The van der Waals surface area contributed by atoms with Crippen LogP contribution in [0.2, 0.25) is 0 Å². The van der Waals surface area contributed by atoms with Gasteiger partial charge in [-0.15, -0.1) is 0 Å². The minimum absolute atomic E-state index is 0.00382. The molecule has 432 valence electrons. The second-order valence-corrected chi connectivity index (χ2v) is 27.4. The maximum Gasteiger partial charge on any atom is 0.308 e. The van der Waals surface area contributed by atoms with Gasteiger partial charge in [-0.05, 0) is 80.8 Å². The Hall–Kier alpha value is -1.98. The van der Waals surface area contributed by atoms with E-state index in [1.165, 1.54) is 6.92 Å². The van der Waals surface area contributed by atoms with Gasteiger partial charge in [-0.3, -0.25) is 9.59 Å². The second-order valence-electron chi connectivity index (χ2n) is 27.4. The number of ether oxygens (including phenoxy) is 15. The van der Waals surface area contributed by atoms with Gasteiger partial charge in [-0.1, -0.05) is 40.9 Å². The van der Waals surface area contributed by atoms with Crippen LogP contribution in [0.3, 0.4) is 0 Å². The van der Waals surface area contributed by atoms with E-state index >= 15 is 0 Å². The molecule has 78 heavy (non-hydrogen) atoms. The molecule has 0 radical (unpaired) electrons. The summed E-state index contributed by atoms with van der Waals surface area (Å²) in [5.74, 6) is -2.77. The maximum atomic E-state index is 14.6. The normalized spacial score (nSPS) is 58.0. The number of rotatable bonds is 2. The minimum Gasteiger partial charge on any atom is -0.459 e. The van der Waals surface area contributed by atoms with E-state index in [-0.39, 0.29) is 152 Å². The Balaban J connectivity index is 0.661. The fourth-order valence-electron chi connectivity index (χ4n) is 18.1. The van der Waals surface area contributed by atoms with E-state index in [1.807, 2.05) is 0 Å². The summed E-state index contributed by atoms with van der Waals surface area (Å²) in [5, 5.41) is 11.0. The summed E-state index contributed by atoms with van der Waals surface area (Å²) in [4.78, 5) is 26.6. The quantitative estimate of drug-likeness (QED) is 0.244. The highest BCUT2D eigenvalue weighted by Gasteiger charge is 2.70. The minimum atomic E-state index is -0.919. The third-order valence-corrected chi connectivity index (χ3v) is 21.7. The van der Waals surface area contributed by atoms with Crippen LogP contribution in [-0.2, 0) is 80.6 Å². The molecule has 0 saturated carbocycles. The fraction of sp³-hybridized carbons (Fsp3) is 0.900. The number of carbonyl (C=O) groups is 2. The van der Waals surface area contributed by atoms with Gasteiger partial charge in [0.2, 0.25) is 0 Å². The molecule has 31 unspecified atom stereocenters. The first-order valence-electron chi connectivity index (χ1n) is 30.5. The Morgan fingerprint density at radius 3 is 2.03 bits per heavy atom. The molecule has 16 saturated heterocycles. The Labute approximate surface area is 458 Å². The predicted molar refractivity (Wildman–Crippen MR) is 271 cm³/mol. The Morgan fingerprint density at radius 2 is 1.18 bits per heavy atom. The number of hydrogen-bond acceptors (Lipinski definition) is 18. The zero-order valence-corrected chi connectivity index (χ0v) is 46.2. The van der Waals surface area contributed by atoms with Crippen molar-refractivity contribution < 1.29 is 85.7 Å². The molecule has 0 aliphatic carbocycles. The van der Waals surface area contributed by atoms with Crippen LogP contribution in [0.1, 0.15) is 150 Å². The molecule has 0 aromatic heterocycles. The number of Topliss-reactive ketones (excluding diaryl/α,β-unsaturated/α-hetero) is 1. The number of ketones is 1. The molecule has 0 aromatic rings. The summed E-state index contributed by atoms with van der Waals surface area (Å²) in [6.07, 6.45) is 3.38. The number of fused-ring (bicyclic) bond motifs is 10. The van der Waals surface area contributed by atoms with Crippen molar-refractivity contribution in [3.8, 4) is 0 Å². The lowest BCUT2D eigenvalue weighted by Gasteiger charge is -2.54. The van der Waals surface area contributed by atoms with E-state index < -0.39 is 60.1 Å². The average molecular weight is 1090 g/mol. The van der Waals surface area contributed by atoms with Crippen LogP contribution >= 0.6 is 0 Å². The van der Waals surface area contributed by atoms with E-state index in [0.717, 1.165) is 49.7 Å². The maximum absolute atomic E-state index is 14.6. The van der Waals surface area contributed by atoms with E-state index in [0.29, 0.717) is 64.2 Å². The average Bonchev–Trinajstić information content (AvgIpc) is 4.10. The highest BCUT2D eigenvalue weighted by Crippen LogP contribution is 2.58. The van der Waals surface area contributed by atoms with Crippen LogP contribution in [0.5, 0.6) is 0 Å². The van der Waals surface area contributed by atoms with Gasteiger partial charge in [0, 0.05) is 70.1 Å². The first kappa shape index (κ1) is 52.8. The number of aliphatic hydroxyl groups excluding tert-OH is 1. The van der Waals surface area contributed by atoms with Crippen LogP contribution in [0.4, 0.5) is 0 Å². The van der Waals surface area contributed by atoms with Gasteiger partial charge in [0.15, 0.2) is 17.4 Å². The van der Waals surface area contributed by atoms with Crippen LogP contribution < -0.4 is 0 Å². The van der Waals surface area contributed by atoms with Gasteiger partial charge in [-0.25, -0.2) is 0 Å². The lowest BCUT2D eigenvalue weighted by molar-refractivity contribution is -0.371. The molecule has 16 fully saturated rings. The van der Waals surface area contributed by atoms with E-state index in [9.17, 15) is 14.7 Å². The van der Waals surface area contributed by atoms with Gasteiger partial charge in [0.1, 0.15) is 42.4 Å². The molecule has 1 N–H and O–H groups in total. The summed E-state index contributed by atoms with van der Waals surface area (Å²) in [6.45, 7) is 19.4. The lowest BCUT2D eigenvalue weighted by Crippen LogP contribution is -2.62. The first-order valence-corrected chi connectivity index (χ1v) is 30.5. The summed E-state index contributed by atoms with van der Waals surface area (Å²) in [5.41, 5.74) is 2.16. The molecule has 0 aromatic carbocycles. The number of aliphatic hydroxyl groups is 1. The molecule has 16 heterocycles. The second kappa shape index (κ2) is 19.5. The first-order chi connectivity index (χ1) is 37.4. The molecule has 18 nitrogen and oxygen atoms in total. The largest absolute Gasteiger partial charge is 0.459 e. The molecule has 12 bridgehead atoms. The summed E-state index contributed by atoms with van der Waals surface area (Å²) < 4.78 is 104. The molecule has 16 aliphatic rings. The molecule has 0 amide bonds. The highest BCUT2D eigenvalue weighted by molar-refractivity contribution is 5.76. The third-order valence-electron chi connectivity index (χ3n) is 21.7. The smallest absolute Gasteiger partial charge is 0.308 e. The standard InChI is InChI=1S/C60H84O18/c1-26-14-33-8-10-37-27(2)15-35(64-37)12-13-58-24-46-54(77-58)55-56(71-46)57(78-58)53-38(68-55)11-9-34(66-53)17-48(63)72-52-32(7)51-43(67-42(52)19-39(65-33)31(26)6)20-41-45(70-51)23-60(73-41)25-47-50(76-60)29(4)22-59(75-47)21-28(3)49-44(74-59)18-36(62)40(69-49)16-30(5)61/h26,28-29,32-47,49-57,62H,2,6,8-25H2,1,3-5,7H3. The monoisotopic (exact) mass is 1090 g/mol. The summed E-state index contributed by atoms with van der Waals surface area (Å²) in [6, 6.07) is 0. The molecule has 16 aliphatic heterocycles. The van der Waals surface area contributed by atoms with E-state index in [4.69, 9.17) is 71.1 Å². The Kier molecular flexibility index (Phi) is 13.2.